The Balaban J connectivity index is 0.00000576. The van der Waals surface area contributed by atoms with E-state index in [4.69, 9.17) is 32.7 Å². The number of hydrogen-bond acceptors (Lipinski definition) is 4. The number of hydrogen-bond donors (Lipinski definition) is 3. The van der Waals surface area contributed by atoms with E-state index < -0.39 is 6.10 Å². The van der Waals surface area contributed by atoms with E-state index in [2.05, 4.69) is 15.6 Å². The minimum atomic E-state index is -0.762. The van der Waals surface area contributed by atoms with Gasteiger partial charge in [0.15, 0.2) is 5.96 Å². The third kappa shape index (κ3) is 10.3. The molecule has 0 aromatic heterocycles. The van der Waals surface area contributed by atoms with Gasteiger partial charge in [0.25, 0.3) is 0 Å². The van der Waals surface area contributed by atoms with Crippen LogP contribution in [0.15, 0.2) is 23.2 Å². The second-order valence-corrected chi connectivity index (χ2v) is 5.65. The van der Waals surface area contributed by atoms with Crippen LogP contribution in [0, 0.1) is 0 Å². The maximum Gasteiger partial charge on any atom is 0.191 e. The summed E-state index contributed by atoms with van der Waals surface area (Å²) in [6.45, 7) is 6.83. The van der Waals surface area contributed by atoms with Crippen molar-refractivity contribution in [2.45, 2.75) is 20.0 Å². The van der Waals surface area contributed by atoms with Crippen molar-refractivity contribution in [3.8, 4) is 5.75 Å². The first-order valence-corrected chi connectivity index (χ1v) is 8.68. The van der Waals surface area contributed by atoms with Crippen molar-refractivity contribution in [3.63, 3.8) is 0 Å². The number of benzene rings is 1. The fourth-order valence-corrected chi connectivity index (χ4v) is 2.10. The van der Waals surface area contributed by atoms with Crippen LogP contribution in [-0.2, 0) is 4.74 Å². The van der Waals surface area contributed by atoms with Crippen LogP contribution in [0.3, 0.4) is 0 Å². The monoisotopic (exact) mass is 505 g/mol. The number of nitrogens with one attached hydrogen (secondary N) is 2. The van der Waals surface area contributed by atoms with Crippen molar-refractivity contribution >= 4 is 53.1 Å². The molecule has 0 bridgehead atoms. The molecule has 1 atom stereocenters. The maximum atomic E-state index is 10.0. The van der Waals surface area contributed by atoms with Crippen molar-refractivity contribution in [2.75, 3.05) is 39.5 Å². The van der Waals surface area contributed by atoms with Crippen LogP contribution in [0.2, 0.25) is 10.0 Å². The first kappa shape index (κ1) is 24.5. The van der Waals surface area contributed by atoms with Gasteiger partial charge in [-0.15, -0.1) is 24.0 Å². The van der Waals surface area contributed by atoms with Crippen LogP contribution in [0.4, 0.5) is 0 Å². The summed E-state index contributed by atoms with van der Waals surface area (Å²) in [6.07, 6.45) is -0.762. The Morgan fingerprint density at radius 1 is 1.28 bits per heavy atom. The molecule has 0 fully saturated rings. The highest BCUT2D eigenvalue weighted by atomic mass is 127. The molecule has 0 aliphatic carbocycles. The van der Waals surface area contributed by atoms with E-state index in [0.29, 0.717) is 41.5 Å². The molecule has 1 aromatic carbocycles. The van der Waals surface area contributed by atoms with E-state index in [9.17, 15) is 5.11 Å². The molecule has 0 saturated heterocycles. The Morgan fingerprint density at radius 3 is 2.72 bits per heavy atom. The minimum Gasteiger partial charge on any atom is -0.489 e. The molecule has 6 nitrogen and oxygen atoms in total. The summed E-state index contributed by atoms with van der Waals surface area (Å²) in [5.41, 5.74) is 0. The van der Waals surface area contributed by atoms with Gasteiger partial charge in [0, 0.05) is 19.7 Å². The zero-order chi connectivity index (χ0) is 17.8. The minimum absolute atomic E-state index is 0. The van der Waals surface area contributed by atoms with Gasteiger partial charge in [0.05, 0.1) is 18.2 Å². The largest absolute Gasteiger partial charge is 0.489 e. The Bertz CT molecular complexity index is 521. The summed E-state index contributed by atoms with van der Waals surface area (Å²) in [6, 6.07) is 5.11. The average molecular weight is 506 g/mol. The van der Waals surface area contributed by atoms with Crippen molar-refractivity contribution in [1.82, 2.24) is 10.6 Å². The zero-order valence-electron chi connectivity index (χ0n) is 14.4. The topological polar surface area (TPSA) is 75.1 Å². The molecule has 0 spiro atoms. The quantitative estimate of drug-likeness (QED) is 0.197. The van der Waals surface area contributed by atoms with E-state index in [-0.39, 0.29) is 37.1 Å². The fraction of sp³-hybridized carbons (Fsp3) is 0.562. The summed E-state index contributed by atoms with van der Waals surface area (Å²) >= 11 is 11.9. The van der Waals surface area contributed by atoms with E-state index in [1.807, 2.05) is 13.8 Å². The molecular formula is C16H26Cl2IN3O3. The van der Waals surface area contributed by atoms with Gasteiger partial charge in [-0.25, -0.2) is 0 Å². The SMILES string of the molecule is CCNC(=NCC(O)COc1cccc(Cl)c1Cl)NCCOCC.I. The van der Waals surface area contributed by atoms with Crippen LogP contribution >= 0.6 is 47.2 Å². The normalized spacial score (nSPS) is 12.3. The van der Waals surface area contributed by atoms with Gasteiger partial charge in [-0.2, -0.15) is 0 Å². The van der Waals surface area contributed by atoms with Crippen LogP contribution in [0.1, 0.15) is 13.8 Å². The van der Waals surface area contributed by atoms with Crippen LogP contribution in [-0.4, -0.2) is 56.6 Å². The number of aliphatic hydroxyl groups excluding tert-OH is 1. The molecule has 25 heavy (non-hydrogen) atoms. The van der Waals surface area contributed by atoms with Gasteiger partial charge in [0.1, 0.15) is 23.5 Å². The van der Waals surface area contributed by atoms with Crippen LogP contribution in [0.5, 0.6) is 5.75 Å². The highest BCUT2D eigenvalue weighted by Crippen LogP contribution is 2.31. The second-order valence-electron chi connectivity index (χ2n) is 4.86. The van der Waals surface area contributed by atoms with Crippen molar-refractivity contribution in [2.24, 2.45) is 4.99 Å². The highest BCUT2D eigenvalue weighted by Gasteiger charge is 2.09. The lowest BCUT2D eigenvalue weighted by Crippen LogP contribution is -2.39. The van der Waals surface area contributed by atoms with Crippen molar-refractivity contribution in [1.29, 1.82) is 0 Å². The van der Waals surface area contributed by atoms with Gasteiger partial charge in [-0.1, -0.05) is 29.3 Å². The average Bonchev–Trinajstić information content (AvgIpc) is 2.57. The van der Waals surface area contributed by atoms with E-state index in [1.54, 1.807) is 18.2 Å². The Hall–Kier alpha value is -0.480. The second kappa shape index (κ2) is 14.7. The molecule has 144 valence electrons. The number of ether oxygens (including phenoxy) is 2. The molecule has 0 aliphatic heterocycles. The van der Waals surface area contributed by atoms with Crippen LogP contribution < -0.4 is 15.4 Å². The van der Waals surface area contributed by atoms with Gasteiger partial charge < -0.3 is 25.2 Å². The molecule has 0 aliphatic rings. The molecule has 1 rings (SSSR count). The number of nitrogens with zero attached hydrogens (tertiary/aromatic N) is 1. The Kier molecular flexibility index (Phi) is 14.4. The van der Waals surface area contributed by atoms with E-state index in [0.717, 1.165) is 6.54 Å². The summed E-state index contributed by atoms with van der Waals surface area (Å²) < 4.78 is 10.7. The number of aliphatic imine (C=N–C) groups is 1. The lowest BCUT2D eigenvalue weighted by molar-refractivity contribution is 0.114. The molecule has 0 radical (unpaired) electrons. The molecule has 3 N–H and O–H groups in total. The molecule has 0 heterocycles. The molecular weight excluding hydrogens is 480 g/mol. The van der Waals surface area contributed by atoms with E-state index in [1.165, 1.54) is 0 Å². The molecule has 1 unspecified atom stereocenters. The number of aliphatic hydroxyl groups is 1. The predicted molar refractivity (Wildman–Crippen MR) is 114 cm³/mol. The summed E-state index contributed by atoms with van der Waals surface area (Å²) in [4.78, 5) is 4.31. The molecule has 0 amide bonds. The molecule has 9 heteroatoms. The van der Waals surface area contributed by atoms with Gasteiger partial charge in [-0.3, -0.25) is 4.99 Å². The van der Waals surface area contributed by atoms with Gasteiger partial charge in [0.2, 0.25) is 0 Å². The van der Waals surface area contributed by atoms with Gasteiger partial charge >= 0.3 is 0 Å². The summed E-state index contributed by atoms with van der Waals surface area (Å²) in [7, 11) is 0. The van der Waals surface area contributed by atoms with E-state index >= 15 is 0 Å². The molecule has 1 aromatic rings. The third-order valence-corrected chi connectivity index (χ3v) is 3.70. The lowest BCUT2D eigenvalue weighted by Gasteiger charge is -2.14. The van der Waals surface area contributed by atoms with Gasteiger partial charge in [-0.05, 0) is 26.0 Å². The summed E-state index contributed by atoms with van der Waals surface area (Å²) in [5.74, 6) is 1.06. The zero-order valence-corrected chi connectivity index (χ0v) is 18.3. The number of halogens is 3. The number of rotatable bonds is 10. The van der Waals surface area contributed by atoms with Crippen molar-refractivity contribution < 1.29 is 14.6 Å². The summed E-state index contributed by atoms with van der Waals surface area (Å²) in [5, 5.41) is 17.0. The smallest absolute Gasteiger partial charge is 0.191 e. The highest BCUT2D eigenvalue weighted by molar-refractivity contribution is 14.0. The molecule has 0 saturated carbocycles. The number of guanidine groups is 1. The Labute approximate surface area is 176 Å². The maximum absolute atomic E-state index is 10.0. The lowest BCUT2D eigenvalue weighted by atomic mass is 10.3. The standard InChI is InChI=1S/C16H25Cl2N3O3.HI/c1-3-19-16(20-8-9-23-4-2)21-10-12(22)11-24-14-7-5-6-13(17)15(14)18;/h5-7,12,22H,3-4,8-11H2,1-2H3,(H2,19,20,21);1H. The van der Waals surface area contributed by atoms with Crippen molar-refractivity contribution in [3.05, 3.63) is 28.2 Å². The van der Waals surface area contributed by atoms with Crippen LogP contribution in [0.25, 0.3) is 0 Å². The Morgan fingerprint density at radius 2 is 2.04 bits per heavy atom. The first-order valence-electron chi connectivity index (χ1n) is 7.93. The third-order valence-electron chi connectivity index (χ3n) is 2.89. The fourth-order valence-electron chi connectivity index (χ4n) is 1.76. The first-order chi connectivity index (χ1) is 11.6. The predicted octanol–water partition coefficient (Wildman–Crippen LogP) is 2.94.